The zero-order valence-electron chi connectivity index (χ0n) is 11.0. The van der Waals surface area contributed by atoms with Gasteiger partial charge in [-0.05, 0) is 26.3 Å². The van der Waals surface area contributed by atoms with Gasteiger partial charge in [-0.25, -0.2) is 0 Å². The van der Waals surface area contributed by atoms with E-state index in [4.69, 9.17) is 0 Å². The molecule has 96 valence electrons. The molecule has 0 radical (unpaired) electrons. The van der Waals surface area contributed by atoms with Gasteiger partial charge in [-0.15, -0.1) is 10.2 Å². The molecule has 0 aliphatic heterocycles. The van der Waals surface area contributed by atoms with Crippen molar-refractivity contribution >= 4 is 15.9 Å². The van der Waals surface area contributed by atoms with Gasteiger partial charge < -0.3 is 4.57 Å². The van der Waals surface area contributed by atoms with E-state index in [0.717, 1.165) is 23.4 Å². The standard InChI is InChI=1S/C14H18BrN3/c1-10(2)18-13(16-17-14(18)9-15)8-12-6-4-5-11(3)7-12/h4-7,10H,8-9H2,1-3H3. The number of nitrogens with zero attached hydrogens (tertiary/aromatic N) is 3. The zero-order chi connectivity index (χ0) is 13.1. The first-order chi connectivity index (χ1) is 8.61. The van der Waals surface area contributed by atoms with Crippen molar-refractivity contribution in [1.29, 1.82) is 0 Å². The number of halogens is 1. The Kier molecular flexibility index (Phi) is 4.17. The molecule has 0 atom stereocenters. The summed E-state index contributed by atoms with van der Waals surface area (Å²) in [6.07, 6.45) is 0.833. The second kappa shape index (κ2) is 5.65. The summed E-state index contributed by atoms with van der Waals surface area (Å²) in [4.78, 5) is 0. The number of benzene rings is 1. The van der Waals surface area contributed by atoms with Crippen LogP contribution in [0.3, 0.4) is 0 Å². The first-order valence-electron chi connectivity index (χ1n) is 6.16. The molecular weight excluding hydrogens is 290 g/mol. The molecule has 1 aromatic heterocycles. The van der Waals surface area contributed by atoms with Gasteiger partial charge >= 0.3 is 0 Å². The Bertz CT molecular complexity index is 532. The molecule has 0 bridgehead atoms. The third-order valence-electron chi connectivity index (χ3n) is 2.92. The summed E-state index contributed by atoms with van der Waals surface area (Å²) in [6, 6.07) is 8.92. The minimum absolute atomic E-state index is 0.382. The number of hydrogen-bond acceptors (Lipinski definition) is 2. The molecule has 0 N–H and O–H groups in total. The Morgan fingerprint density at radius 3 is 2.56 bits per heavy atom. The number of alkyl halides is 1. The molecule has 0 unspecified atom stereocenters. The molecule has 0 aliphatic rings. The van der Waals surface area contributed by atoms with Gasteiger partial charge in [-0.3, -0.25) is 0 Å². The SMILES string of the molecule is Cc1cccc(Cc2nnc(CBr)n2C(C)C)c1. The van der Waals surface area contributed by atoms with Gasteiger partial charge in [-0.1, -0.05) is 45.8 Å². The van der Waals surface area contributed by atoms with Crippen molar-refractivity contribution in [3.8, 4) is 0 Å². The fraction of sp³-hybridized carbons (Fsp3) is 0.429. The lowest BCUT2D eigenvalue weighted by atomic mass is 10.1. The van der Waals surface area contributed by atoms with E-state index in [1.165, 1.54) is 11.1 Å². The van der Waals surface area contributed by atoms with Crippen molar-refractivity contribution in [2.75, 3.05) is 0 Å². The molecule has 0 saturated carbocycles. The summed E-state index contributed by atoms with van der Waals surface area (Å²) in [5, 5.41) is 9.30. The van der Waals surface area contributed by atoms with Gasteiger partial charge in [0.15, 0.2) is 0 Å². The molecule has 2 aromatic rings. The van der Waals surface area contributed by atoms with Crippen LogP contribution in [0.1, 0.15) is 42.7 Å². The first kappa shape index (κ1) is 13.3. The molecular formula is C14H18BrN3. The fourth-order valence-electron chi connectivity index (χ4n) is 2.17. The van der Waals surface area contributed by atoms with E-state index in [9.17, 15) is 0 Å². The van der Waals surface area contributed by atoms with Crippen LogP contribution in [0.2, 0.25) is 0 Å². The highest BCUT2D eigenvalue weighted by Gasteiger charge is 2.13. The molecule has 0 fully saturated rings. The maximum absolute atomic E-state index is 4.32. The molecule has 1 aromatic carbocycles. The van der Waals surface area contributed by atoms with Gasteiger partial charge in [0, 0.05) is 12.5 Å². The maximum Gasteiger partial charge on any atom is 0.143 e. The van der Waals surface area contributed by atoms with Crippen molar-refractivity contribution in [3.05, 3.63) is 47.0 Å². The van der Waals surface area contributed by atoms with E-state index >= 15 is 0 Å². The lowest BCUT2D eigenvalue weighted by Crippen LogP contribution is -2.10. The molecule has 0 spiro atoms. The van der Waals surface area contributed by atoms with Crippen molar-refractivity contribution in [1.82, 2.24) is 14.8 Å². The monoisotopic (exact) mass is 307 g/mol. The van der Waals surface area contributed by atoms with Gasteiger partial charge in [0.2, 0.25) is 0 Å². The quantitative estimate of drug-likeness (QED) is 0.807. The van der Waals surface area contributed by atoms with Gasteiger partial charge in [0.05, 0.1) is 5.33 Å². The smallest absolute Gasteiger partial charge is 0.143 e. The number of rotatable bonds is 4. The van der Waals surface area contributed by atoms with Gasteiger partial charge in [-0.2, -0.15) is 0 Å². The summed E-state index contributed by atoms with van der Waals surface area (Å²) in [5.74, 6) is 2.03. The predicted molar refractivity (Wildman–Crippen MR) is 77.0 cm³/mol. The van der Waals surface area contributed by atoms with E-state index in [1.54, 1.807) is 0 Å². The third-order valence-corrected chi connectivity index (χ3v) is 3.42. The minimum atomic E-state index is 0.382. The van der Waals surface area contributed by atoms with Crippen molar-refractivity contribution in [3.63, 3.8) is 0 Å². The molecule has 3 nitrogen and oxygen atoms in total. The number of aryl methyl sites for hydroxylation is 1. The summed E-state index contributed by atoms with van der Waals surface area (Å²) in [7, 11) is 0. The Morgan fingerprint density at radius 2 is 1.94 bits per heavy atom. The largest absolute Gasteiger partial charge is 0.311 e. The lowest BCUT2D eigenvalue weighted by molar-refractivity contribution is 0.558. The number of hydrogen-bond donors (Lipinski definition) is 0. The second-order valence-corrected chi connectivity index (χ2v) is 5.36. The van der Waals surface area contributed by atoms with Crippen LogP contribution in [-0.2, 0) is 11.8 Å². The highest BCUT2D eigenvalue weighted by atomic mass is 79.9. The highest BCUT2D eigenvalue weighted by molar-refractivity contribution is 9.08. The molecule has 4 heteroatoms. The van der Waals surface area contributed by atoms with Crippen LogP contribution in [0.4, 0.5) is 0 Å². The van der Waals surface area contributed by atoms with Crippen LogP contribution in [0.15, 0.2) is 24.3 Å². The summed E-state index contributed by atoms with van der Waals surface area (Å²) >= 11 is 3.46. The van der Waals surface area contributed by atoms with Crippen molar-refractivity contribution in [2.45, 2.75) is 38.6 Å². The molecule has 2 rings (SSSR count). The van der Waals surface area contributed by atoms with E-state index in [1.807, 2.05) is 0 Å². The van der Waals surface area contributed by atoms with E-state index in [-0.39, 0.29) is 0 Å². The minimum Gasteiger partial charge on any atom is -0.311 e. The first-order valence-corrected chi connectivity index (χ1v) is 7.28. The lowest BCUT2D eigenvalue weighted by Gasteiger charge is -2.13. The van der Waals surface area contributed by atoms with Gasteiger partial charge in [0.25, 0.3) is 0 Å². The molecule has 0 aliphatic carbocycles. The van der Waals surface area contributed by atoms with Crippen LogP contribution < -0.4 is 0 Å². The zero-order valence-corrected chi connectivity index (χ0v) is 12.6. The van der Waals surface area contributed by atoms with Crippen LogP contribution in [-0.4, -0.2) is 14.8 Å². The Labute approximate surface area is 116 Å². The van der Waals surface area contributed by atoms with Gasteiger partial charge in [0.1, 0.15) is 11.6 Å². The Morgan fingerprint density at radius 1 is 1.22 bits per heavy atom. The van der Waals surface area contributed by atoms with Crippen molar-refractivity contribution in [2.24, 2.45) is 0 Å². The summed E-state index contributed by atoms with van der Waals surface area (Å²) < 4.78 is 2.21. The topological polar surface area (TPSA) is 30.7 Å². The molecule has 18 heavy (non-hydrogen) atoms. The normalized spacial score (nSPS) is 11.2. The van der Waals surface area contributed by atoms with E-state index < -0.39 is 0 Å². The van der Waals surface area contributed by atoms with Crippen LogP contribution in [0.25, 0.3) is 0 Å². The van der Waals surface area contributed by atoms with E-state index in [2.05, 4.69) is 75.7 Å². The van der Waals surface area contributed by atoms with Crippen molar-refractivity contribution < 1.29 is 0 Å². The summed E-state index contributed by atoms with van der Waals surface area (Å²) in [5.41, 5.74) is 2.56. The van der Waals surface area contributed by atoms with Crippen LogP contribution >= 0.6 is 15.9 Å². The fourth-order valence-corrected chi connectivity index (χ4v) is 2.56. The highest BCUT2D eigenvalue weighted by Crippen LogP contribution is 2.17. The summed E-state index contributed by atoms with van der Waals surface area (Å²) in [6.45, 7) is 6.44. The molecule has 0 saturated heterocycles. The second-order valence-electron chi connectivity index (χ2n) is 4.80. The third kappa shape index (κ3) is 2.80. The average molecular weight is 308 g/mol. The Hall–Kier alpha value is -1.16. The average Bonchev–Trinajstić information content (AvgIpc) is 2.72. The van der Waals surface area contributed by atoms with Crippen LogP contribution in [0, 0.1) is 6.92 Å². The Balaban J connectivity index is 2.32. The van der Waals surface area contributed by atoms with Crippen LogP contribution in [0.5, 0.6) is 0 Å². The van der Waals surface area contributed by atoms with E-state index in [0.29, 0.717) is 6.04 Å². The number of aromatic nitrogens is 3. The molecule has 1 heterocycles. The molecule has 0 amide bonds. The maximum atomic E-state index is 4.32. The predicted octanol–water partition coefficient (Wildman–Crippen LogP) is 3.65.